The number of nitrogens with one attached hydrogen (secondary N) is 3. The quantitative estimate of drug-likeness (QED) is 0.218. The van der Waals surface area contributed by atoms with Gasteiger partial charge in [-0.3, -0.25) is 23.4 Å². The average Bonchev–Trinajstić information content (AvgIpc) is 3.43. The Kier molecular flexibility index (Phi) is 6.63. The van der Waals surface area contributed by atoms with Crippen LogP contribution in [0.4, 0.5) is 13.2 Å². The van der Waals surface area contributed by atoms with Crippen LogP contribution in [0.1, 0.15) is 50.6 Å². The number of para-hydroxylation sites is 2. The first kappa shape index (κ1) is 25.8. The smallest absolute Gasteiger partial charge is 0.342 e. The normalized spacial score (nSPS) is 18.7. The molecule has 1 aromatic heterocycles. The Hall–Kier alpha value is -3.87. The molecule has 3 aromatic carbocycles. The van der Waals surface area contributed by atoms with E-state index in [1.54, 1.807) is 30.3 Å². The number of alkyl halides is 3. The van der Waals surface area contributed by atoms with Crippen LogP contribution in [0.3, 0.4) is 0 Å². The van der Waals surface area contributed by atoms with Gasteiger partial charge in [0.15, 0.2) is 0 Å². The van der Waals surface area contributed by atoms with E-state index in [0.29, 0.717) is 16.9 Å². The van der Waals surface area contributed by atoms with Crippen LogP contribution in [0.5, 0.6) is 0 Å². The number of hydrogen-bond donors (Lipinski definition) is 5. The molecule has 1 unspecified atom stereocenters. The molecule has 1 aliphatic rings. The molecule has 1 saturated heterocycles. The summed E-state index contributed by atoms with van der Waals surface area (Å²) in [7, 11) is -3.30. The van der Waals surface area contributed by atoms with Crippen molar-refractivity contribution in [1.29, 1.82) is 0 Å². The highest BCUT2D eigenvalue weighted by Crippen LogP contribution is 2.56. The van der Waals surface area contributed by atoms with Crippen molar-refractivity contribution >= 4 is 33.6 Å². The van der Waals surface area contributed by atoms with Crippen molar-refractivity contribution in [3.63, 3.8) is 0 Å². The summed E-state index contributed by atoms with van der Waals surface area (Å²) in [5.41, 5.74) is 1.66. The molecule has 1 aliphatic heterocycles. The van der Waals surface area contributed by atoms with Gasteiger partial charge in [-0.2, -0.15) is 13.2 Å². The minimum atomic E-state index is -4.59. The topological polar surface area (TPSA) is 127 Å². The van der Waals surface area contributed by atoms with Gasteiger partial charge in [-0.15, -0.1) is 10.8 Å². The standard InChI is InChI=1S/C26H23F3N4O4S/c27-26(28,29)18-5-3-4-17(13-18)25(35)32-21(24-30-19-6-1-2-7-20(19)31-24)12-15-8-10-16(11-9-15)22-14-23(34)33-38(22,36)37/h1-11,13,21-22,36-37H,12,14H2,(H,30,31)(H,32,35)(H,33,34)/t21-,22?/m0/s1. The number of fused-ring (bicyclic) bond motifs is 1. The summed E-state index contributed by atoms with van der Waals surface area (Å²) in [5.74, 6) is -0.709. The first-order valence-electron chi connectivity index (χ1n) is 11.6. The maximum atomic E-state index is 13.2. The Morgan fingerprint density at radius 1 is 1.08 bits per heavy atom. The number of imidazole rings is 1. The van der Waals surface area contributed by atoms with Gasteiger partial charge in [0.1, 0.15) is 11.1 Å². The van der Waals surface area contributed by atoms with E-state index in [2.05, 4.69) is 20.0 Å². The largest absolute Gasteiger partial charge is 0.416 e. The fourth-order valence-electron chi connectivity index (χ4n) is 4.41. The van der Waals surface area contributed by atoms with Crippen LogP contribution in [0.2, 0.25) is 0 Å². The van der Waals surface area contributed by atoms with Gasteiger partial charge < -0.3 is 10.3 Å². The first-order valence-corrected chi connectivity index (χ1v) is 13.2. The van der Waals surface area contributed by atoms with Crippen LogP contribution in [-0.2, 0) is 17.4 Å². The molecule has 38 heavy (non-hydrogen) atoms. The molecule has 8 nitrogen and oxygen atoms in total. The van der Waals surface area contributed by atoms with Crippen molar-refractivity contribution in [3.8, 4) is 0 Å². The van der Waals surface area contributed by atoms with Crippen molar-refractivity contribution in [2.24, 2.45) is 0 Å². The molecule has 4 aromatic rings. The summed E-state index contributed by atoms with van der Waals surface area (Å²) in [6, 6.07) is 17.6. The minimum absolute atomic E-state index is 0.0453. The minimum Gasteiger partial charge on any atom is -0.342 e. The van der Waals surface area contributed by atoms with Crippen molar-refractivity contribution < 1.29 is 31.9 Å². The van der Waals surface area contributed by atoms with E-state index >= 15 is 0 Å². The predicted octanol–water partition coefficient (Wildman–Crippen LogP) is 5.52. The molecule has 0 radical (unpaired) electrons. The summed E-state index contributed by atoms with van der Waals surface area (Å²) in [6.45, 7) is 0. The van der Waals surface area contributed by atoms with Crippen LogP contribution in [0, 0.1) is 0 Å². The zero-order valence-electron chi connectivity index (χ0n) is 19.7. The Morgan fingerprint density at radius 3 is 2.47 bits per heavy atom. The molecule has 12 heteroatoms. The number of carbonyl (C=O) groups is 2. The molecule has 5 rings (SSSR count). The summed E-state index contributed by atoms with van der Waals surface area (Å²) < 4.78 is 62.1. The molecule has 2 amide bonds. The van der Waals surface area contributed by atoms with Crippen LogP contribution in [-0.4, -0.2) is 30.9 Å². The second kappa shape index (κ2) is 9.78. The van der Waals surface area contributed by atoms with Gasteiger partial charge in [0.05, 0.1) is 29.1 Å². The lowest BCUT2D eigenvalue weighted by atomic mass is 10.0. The lowest BCUT2D eigenvalue weighted by Crippen LogP contribution is -2.31. The first-order chi connectivity index (χ1) is 18.0. The Balaban J connectivity index is 1.42. The van der Waals surface area contributed by atoms with Gasteiger partial charge in [-0.1, -0.05) is 42.5 Å². The molecule has 0 bridgehead atoms. The molecule has 0 saturated carbocycles. The molecule has 1 fully saturated rings. The van der Waals surface area contributed by atoms with E-state index in [1.807, 2.05) is 18.2 Å². The fourth-order valence-corrected chi connectivity index (χ4v) is 5.89. The summed E-state index contributed by atoms with van der Waals surface area (Å²) in [4.78, 5) is 32.4. The van der Waals surface area contributed by atoms with E-state index in [-0.39, 0.29) is 18.4 Å². The molecular weight excluding hydrogens is 521 g/mol. The van der Waals surface area contributed by atoms with Crippen molar-refractivity contribution in [2.75, 3.05) is 0 Å². The summed E-state index contributed by atoms with van der Waals surface area (Å²) in [6.07, 6.45) is -4.39. The Morgan fingerprint density at radius 2 is 1.82 bits per heavy atom. The van der Waals surface area contributed by atoms with Crippen LogP contribution < -0.4 is 10.0 Å². The third-order valence-electron chi connectivity index (χ3n) is 6.32. The second-order valence-corrected chi connectivity index (χ2v) is 11.0. The highest BCUT2D eigenvalue weighted by atomic mass is 32.3. The van der Waals surface area contributed by atoms with Crippen LogP contribution in [0.25, 0.3) is 11.0 Å². The lowest BCUT2D eigenvalue weighted by molar-refractivity contribution is -0.137. The highest BCUT2D eigenvalue weighted by molar-refractivity contribution is 8.23. The maximum absolute atomic E-state index is 13.2. The molecule has 5 N–H and O–H groups in total. The number of rotatable bonds is 6. The maximum Gasteiger partial charge on any atom is 0.416 e. The van der Waals surface area contributed by atoms with Crippen molar-refractivity contribution in [1.82, 2.24) is 20.0 Å². The van der Waals surface area contributed by atoms with Gasteiger partial charge in [0.2, 0.25) is 5.91 Å². The van der Waals surface area contributed by atoms with Crippen molar-refractivity contribution in [2.45, 2.75) is 30.3 Å². The summed E-state index contributed by atoms with van der Waals surface area (Å²) in [5, 5.41) is 2.03. The van der Waals surface area contributed by atoms with Gasteiger partial charge >= 0.3 is 6.18 Å². The number of amides is 2. The van der Waals surface area contributed by atoms with Gasteiger partial charge in [-0.25, -0.2) is 4.98 Å². The SMILES string of the molecule is O=C1CC(c2ccc(C[C@H](NC(=O)c3cccc(C(F)(F)F)c3)c3nc4ccccc4[nH]3)cc2)S(O)(O)N1. The number of aromatic nitrogens is 2. The van der Waals surface area contributed by atoms with Gasteiger partial charge in [0.25, 0.3) is 5.91 Å². The number of carbonyl (C=O) groups excluding carboxylic acids is 2. The van der Waals surface area contributed by atoms with Crippen LogP contribution >= 0.6 is 10.8 Å². The van der Waals surface area contributed by atoms with E-state index in [9.17, 15) is 31.9 Å². The molecule has 198 valence electrons. The fraction of sp³-hybridized carbons (Fsp3) is 0.192. The number of H-pyrrole nitrogens is 1. The zero-order chi connectivity index (χ0) is 27.1. The van der Waals surface area contributed by atoms with Gasteiger partial charge in [0, 0.05) is 5.56 Å². The monoisotopic (exact) mass is 544 g/mol. The van der Waals surface area contributed by atoms with Gasteiger partial charge in [-0.05, 0) is 47.9 Å². The molecule has 2 atom stereocenters. The van der Waals surface area contributed by atoms with E-state index in [1.165, 1.54) is 12.1 Å². The van der Waals surface area contributed by atoms with Crippen molar-refractivity contribution in [3.05, 3.63) is 101 Å². The zero-order valence-corrected chi connectivity index (χ0v) is 20.5. The number of halogens is 3. The molecule has 0 aliphatic carbocycles. The number of nitrogens with zero attached hydrogens (tertiary/aromatic N) is 1. The van der Waals surface area contributed by atoms with E-state index in [4.69, 9.17) is 0 Å². The predicted molar refractivity (Wildman–Crippen MR) is 136 cm³/mol. The third kappa shape index (κ3) is 5.37. The average molecular weight is 545 g/mol. The summed E-state index contributed by atoms with van der Waals surface area (Å²) >= 11 is 0. The third-order valence-corrected chi connectivity index (χ3v) is 8.08. The Labute approximate surface area is 216 Å². The number of hydrogen-bond acceptors (Lipinski definition) is 5. The molecular formula is C26H23F3N4O4S. The number of aromatic amines is 1. The van der Waals surface area contributed by atoms with E-state index in [0.717, 1.165) is 23.2 Å². The highest BCUT2D eigenvalue weighted by Gasteiger charge is 2.38. The second-order valence-electron chi connectivity index (χ2n) is 9.00. The van der Waals surface area contributed by atoms with E-state index < -0.39 is 45.6 Å². The molecule has 2 heterocycles. The lowest BCUT2D eigenvalue weighted by Gasteiger charge is -2.32. The number of benzene rings is 3. The Bertz CT molecular complexity index is 1470. The molecule has 0 spiro atoms. The van der Waals surface area contributed by atoms with Crippen LogP contribution in [0.15, 0.2) is 72.8 Å².